The van der Waals surface area contributed by atoms with Crippen LogP contribution in [0.1, 0.15) is 36.7 Å². The number of amides is 2. The Bertz CT molecular complexity index is 535. The molecule has 1 saturated carbocycles. The Kier molecular flexibility index (Phi) is 4.21. The first-order valence-electron chi connectivity index (χ1n) is 7.25. The molecule has 1 aliphatic carbocycles. The van der Waals surface area contributed by atoms with Gasteiger partial charge in [-0.15, -0.1) is 11.3 Å². The van der Waals surface area contributed by atoms with Gasteiger partial charge in [-0.2, -0.15) is 0 Å². The van der Waals surface area contributed by atoms with E-state index in [4.69, 9.17) is 4.74 Å². The van der Waals surface area contributed by atoms with Gasteiger partial charge in [0.25, 0.3) is 5.91 Å². The molecule has 2 fully saturated rings. The SMILES string of the molecule is CC(=O)Nc1nc(C(=O)N(CC2CCOC2)C2CC2)cs1. The van der Waals surface area contributed by atoms with Crippen LogP contribution in [0.15, 0.2) is 5.38 Å². The Hall–Kier alpha value is -1.47. The maximum absolute atomic E-state index is 12.6. The fourth-order valence-corrected chi connectivity index (χ4v) is 3.25. The van der Waals surface area contributed by atoms with Crippen LogP contribution in [0.25, 0.3) is 0 Å². The van der Waals surface area contributed by atoms with Crippen LogP contribution in [0.2, 0.25) is 0 Å². The molecule has 6 nitrogen and oxygen atoms in total. The maximum atomic E-state index is 12.6. The number of nitrogens with one attached hydrogen (secondary N) is 1. The number of carbonyl (C=O) groups is 2. The molecule has 114 valence electrons. The normalized spacial score (nSPS) is 21.3. The largest absolute Gasteiger partial charge is 0.381 e. The van der Waals surface area contributed by atoms with Gasteiger partial charge < -0.3 is 15.0 Å². The number of aromatic nitrogens is 1. The second-order valence-corrected chi connectivity index (χ2v) is 6.50. The summed E-state index contributed by atoms with van der Waals surface area (Å²) in [5.41, 5.74) is 0.426. The van der Waals surface area contributed by atoms with E-state index in [0.717, 1.165) is 39.0 Å². The van der Waals surface area contributed by atoms with Crippen LogP contribution in [-0.2, 0) is 9.53 Å². The highest BCUT2D eigenvalue weighted by atomic mass is 32.1. The zero-order chi connectivity index (χ0) is 14.8. The third kappa shape index (κ3) is 3.59. The van der Waals surface area contributed by atoms with Crippen LogP contribution in [0.5, 0.6) is 0 Å². The number of hydrogen-bond donors (Lipinski definition) is 1. The van der Waals surface area contributed by atoms with Gasteiger partial charge in [-0.25, -0.2) is 4.98 Å². The molecule has 2 heterocycles. The summed E-state index contributed by atoms with van der Waals surface area (Å²) in [5, 5.41) is 4.81. The van der Waals surface area contributed by atoms with Crippen molar-refractivity contribution in [3.8, 4) is 0 Å². The van der Waals surface area contributed by atoms with Crippen molar-refractivity contribution < 1.29 is 14.3 Å². The molecule has 2 aliphatic rings. The Morgan fingerprint density at radius 1 is 1.48 bits per heavy atom. The van der Waals surface area contributed by atoms with Crippen molar-refractivity contribution in [3.63, 3.8) is 0 Å². The van der Waals surface area contributed by atoms with E-state index >= 15 is 0 Å². The molecule has 0 aromatic carbocycles. The molecule has 21 heavy (non-hydrogen) atoms. The minimum Gasteiger partial charge on any atom is -0.381 e. The van der Waals surface area contributed by atoms with Crippen molar-refractivity contribution in [2.75, 3.05) is 25.1 Å². The first-order chi connectivity index (χ1) is 10.1. The fraction of sp³-hybridized carbons (Fsp3) is 0.643. The monoisotopic (exact) mass is 309 g/mol. The van der Waals surface area contributed by atoms with Crippen molar-refractivity contribution in [2.24, 2.45) is 5.92 Å². The predicted molar refractivity (Wildman–Crippen MR) is 79.4 cm³/mol. The van der Waals surface area contributed by atoms with Crippen molar-refractivity contribution in [2.45, 2.75) is 32.2 Å². The molecule has 1 aromatic heterocycles. The molecule has 2 amide bonds. The molecular formula is C14H19N3O3S. The second kappa shape index (κ2) is 6.11. The molecule has 0 radical (unpaired) electrons. The molecule has 0 spiro atoms. The molecule has 1 atom stereocenters. The summed E-state index contributed by atoms with van der Waals surface area (Å²) in [7, 11) is 0. The highest BCUT2D eigenvalue weighted by Crippen LogP contribution is 2.31. The van der Waals surface area contributed by atoms with Gasteiger partial charge in [0.1, 0.15) is 5.69 Å². The second-order valence-electron chi connectivity index (χ2n) is 5.64. The lowest BCUT2D eigenvalue weighted by molar-refractivity contribution is -0.114. The number of nitrogens with zero attached hydrogens (tertiary/aromatic N) is 2. The van der Waals surface area contributed by atoms with Gasteiger partial charge in [0.05, 0.1) is 6.61 Å². The Morgan fingerprint density at radius 3 is 2.90 bits per heavy atom. The molecule has 7 heteroatoms. The standard InChI is InChI=1S/C14H19N3O3S/c1-9(18)15-14-16-12(8-21-14)13(19)17(11-2-3-11)6-10-4-5-20-7-10/h8,10-11H,2-7H2,1H3,(H,15,16,18). The molecule has 1 saturated heterocycles. The van der Waals surface area contributed by atoms with Gasteiger partial charge in [-0.3, -0.25) is 9.59 Å². The van der Waals surface area contributed by atoms with E-state index in [-0.39, 0.29) is 11.8 Å². The number of thiazole rings is 1. The Balaban J connectivity index is 1.68. The molecular weight excluding hydrogens is 290 g/mol. The number of anilines is 1. The van der Waals surface area contributed by atoms with E-state index in [2.05, 4.69) is 10.3 Å². The van der Waals surface area contributed by atoms with Crippen LogP contribution in [0.4, 0.5) is 5.13 Å². The predicted octanol–water partition coefficient (Wildman–Crippen LogP) is 1.74. The van der Waals surface area contributed by atoms with Gasteiger partial charge in [0.2, 0.25) is 5.91 Å². The molecule has 1 aromatic rings. The number of rotatable bonds is 5. The van der Waals surface area contributed by atoms with Crippen LogP contribution in [0, 0.1) is 5.92 Å². The van der Waals surface area contributed by atoms with Crippen LogP contribution < -0.4 is 5.32 Å². The maximum Gasteiger partial charge on any atom is 0.273 e. The summed E-state index contributed by atoms with van der Waals surface area (Å²) < 4.78 is 5.39. The van der Waals surface area contributed by atoms with Crippen molar-refractivity contribution in [1.82, 2.24) is 9.88 Å². The highest BCUT2D eigenvalue weighted by molar-refractivity contribution is 7.14. The van der Waals surface area contributed by atoms with Crippen molar-refractivity contribution >= 4 is 28.3 Å². The van der Waals surface area contributed by atoms with E-state index in [1.807, 2.05) is 4.90 Å². The first-order valence-corrected chi connectivity index (χ1v) is 8.13. The van der Waals surface area contributed by atoms with Crippen molar-refractivity contribution in [3.05, 3.63) is 11.1 Å². The summed E-state index contributed by atoms with van der Waals surface area (Å²) in [6.45, 7) is 3.71. The number of carbonyl (C=O) groups excluding carboxylic acids is 2. The molecule has 1 aliphatic heterocycles. The minimum absolute atomic E-state index is 0.0303. The number of hydrogen-bond acceptors (Lipinski definition) is 5. The first kappa shape index (κ1) is 14.5. The third-order valence-corrected chi connectivity index (χ3v) is 4.49. The summed E-state index contributed by atoms with van der Waals surface area (Å²) >= 11 is 1.28. The van der Waals surface area contributed by atoms with Gasteiger partial charge in [-0.05, 0) is 19.3 Å². The molecule has 1 N–H and O–H groups in total. The van der Waals surface area contributed by atoms with E-state index in [9.17, 15) is 9.59 Å². The average molecular weight is 309 g/mol. The average Bonchev–Trinajstić information content (AvgIpc) is 2.96. The molecule has 1 unspecified atom stereocenters. The quantitative estimate of drug-likeness (QED) is 0.899. The van der Waals surface area contributed by atoms with Crippen LogP contribution >= 0.6 is 11.3 Å². The molecule has 3 rings (SSSR count). The molecule has 0 bridgehead atoms. The summed E-state index contributed by atoms with van der Waals surface area (Å²) in [6.07, 6.45) is 3.16. The third-order valence-electron chi connectivity index (χ3n) is 3.73. The summed E-state index contributed by atoms with van der Waals surface area (Å²) in [5.74, 6) is 0.228. The van der Waals surface area contributed by atoms with E-state index in [0.29, 0.717) is 22.8 Å². The topological polar surface area (TPSA) is 71.5 Å². The lowest BCUT2D eigenvalue weighted by Gasteiger charge is -2.24. The van der Waals surface area contributed by atoms with E-state index in [1.54, 1.807) is 5.38 Å². The summed E-state index contributed by atoms with van der Waals surface area (Å²) in [4.78, 5) is 29.8. The van der Waals surface area contributed by atoms with Crippen LogP contribution in [0.3, 0.4) is 0 Å². The highest BCUT2D eigenvalue weighted by Gasteiger charge is 2.36. The lowest BCUT2D eigenvalue weighted by atomic mass is 10.1. The van der Waals surface area contributed by atoms with E-state index < -0.39 is 0 Å². The fourth-order valence-electron chi connectivity index (χ4n) is 2.52. The van der Waals surface area contributed by atoms with E-state index in [1.165, 1.54) is 18.3 Å². The number of ether oxygens (including phenoxy) is 1. The van der Waals surface area contributed by atoms with Gasteiger partial charge in [0.15, 0.2) is 5.13 Å². The Labute approximate surface area is 127 Å². The van der Waals surface area contributed by atoms with Gasteiger partial charge in [-0.1, -0.05) is 0 Å². The lowest BCUT2D eigenvalue weighted by Crippen LogP contribution is -2.37. The zero-order valence-corrected chi connectivity index (χ0v) is 12.8. The van der Waals surface area contributed by atoms with Gasteiger partial charge in [0, 0.05) is 37.4 Å². The smallest absolute Gasteiger partial charge is 0.273 e. The van der Waals surface area contributed by atoms with Crippen LogP contribution in [-0.4, -0.2) is 47.5 Å². The summed E-state index contributed by atoms with van der Waals surface area (Å²) in [6, 6.07) is 0.351. The van der Waals surface area contributed by atoms with Crippen molar-refractivity contribution in [1.29, 1.82) is 0 Å². The van der Waals surface area contributed by atoms with Gasteiger partial charge >= 0.3 is 0 Å². The minimum atomic E-state index is -0.175. The zero-order valence-electron chi connectivity index (χ0n) is 12.0. The Morgan fingerprint density at radius 2 is 2.29 bits per heavy atom.